The van der Waals surface area contributed by atoms with Gasteiger partial charge in [0, 0.05) is 23.0 Å². The van der Waals surface area contributed by atoms with Gasteiger partial charge in [-0.05, 0) is 37.0 Å². The van der Waals surface area contributed by atoms with E-state index in [0.29, 0.717) is 0 Å². The summed E-state index contributed by atoms with van der Waals surface area (Å²) in [6.45, 7) is 0. The predicted octanol–water partition coefficient (Wildman–Crippen LogP) is 0.323. The summed E-state index contributed by atoms with van der Waals surface area (Å²) in [7, 11) is 0. The van der Waals surface area contributed by atoms with Crippen LogP contribution in [0.1, 0.15) is 16.9 Å². The minimum absolute atomic E-state index is 0. The molecule has 0 unspecified atom stereocenters. The van der Waals surface area contributed by atoms with Gasteiger partial charge in [0.25, 0.3) is 0 Å². The molecular weight excluding hydrogens is 292 g/mol. The van der Waals surface area contributed by atoms with Gasteiger partial charge in [0.1, 0.15) is 17.0 Å². The van der Waals surface area contributed by atoms with E-state index in [1.807, 2.05) is 23.5 Å². The molecule has 1 aliphatic rings. The van der Waals surface area contributed by atoms with Crippen molar-refractivity contribution in [3.05, 3.63) is 41.3 Å². The van der Waals surface area contributed by atoms with Gasteiger partial charge in [0.2, 0.25) is 0 Å². The highest BCUT2D eigenvalue weighted by Gasteiger charge is 2.21. The molecule has 3 aromatic rings. The summed E-state index contributed by atoms with van der Waals surface area (Å²) in [6, 6.07) is 3.89. The maximum absolute atomic E-state index is 4.42. The molecule has 0 aliphatic heterocycles. The molecule has 0 amide bonds. The molecule has 3 aromatic heterocycles. The van der Waals surface area contributed by atoms with Crippen molar-refractivity contribution in [2.75, 3.05) is 5.32 Å². The van der Waals surface area contributed by atoms with E-state index in [1.165, 1.54) is 28.7 Å². The first-order valence-electron chi connectivity index (χ1n) is 6.34. The number of nitrogens with one attached hydrogen (secondary N) is 1. The summed E-state index contributed by atoms with van der Waals surface area (Å²) in [5.41, 5.74) is 2.45. The number of rotatable bonds is 2. The maximum atomic E-state index is 4.42. The smallest absolute Gasteiger partial charge is 0.142 e. The third-order valence-corrected chi connectivity index (χ3v) is 4.64. The van der Waals surface area contributed by atoms with Crippen LogP contribution in [-0.4, -0.2) is 15.0 Å². The molecule has 0 spiro atoms. The number of nitrogens with zero attached hydrogens (tertiary/aromatic N) is 3. The van der Waals surface area contributed by atoms with Crippen molar-refractivity contribution in [1.82, 2.24) is 15.0 Å². The number of hydrogen-bond donors (Lipinski definition) is 1. The Morgan fingerprint density at radius 3 is 2.80 bits per heavy atom. The van der Waals surface area contributed by atoms with E-state index in [-0.39, 0.29) is 12.4 Å². The lowest BCUT2D eigenvalue weighted by Gasteiger charge is -2.06. The zero-order valence-corrected chi connectivity index (χ0v) is 12.2. The average molecular weight is 304 g/mol. The molecule has 0 radical (unpaired) electrons. The summed E-state index contributed by atoms with van der Waals surface area (Å²) in [5, 5.41) is 4.58. The van der Waals surface area contributed by atoms with Gasteiger partial charge in [-0.1, -0.05) is 0 Å². The number of thiophene rings is 1. The Labute approximate surface area is 126 Å². The van der Waals surface area contributed by atoms with Crippen LogP contribution in [0.25, 0.3) is 10.2 Å². The Hall–Kier alpha value is -1.72. The van der Waals surface area contributed by atoms with E-state index < -0.39 is 0 Å². The molecule has 20 heavy (non-hydrogen) atoms. The summed E-state index contributed by atoms with van der Waals surface area (Å²) >= 11 is 1.81. The normalized spacial score (nSPS) is 13.0. The van der Waals surface area contributed by atoms with Crippen LogP contribution in [-0.2, 0) is 12.8 Å². The van der Waals surface area contributed by atoms with Crippen molar-refractivity contribution in [1.29, 1.82) is 0 Å². The topological polar surface area (TPSA) is 50.7 Å². The Balaban J connectivity index is 0.00000121. The van der Waals surface area contributed by atoms with Crippen LogP contribution in [0, 0.1) is 0 Å². The first-order chi connectivity index (χ1) is 9.42. The third kappa shape index (κ3) is 2.13. The summed E-state index contributed by atoms with van der Waals surface area (Å²) in [4.78, 5) is 15.4. The van der Waals surface area contributed by atoms with E-state index in [1.54, 1.807) is 18.7 Å². The number of aryl methyl sites for hydroxylation is 2. The van der Waals surface area contributed by atoms with E-state index in [0.717, 1.165) is 22.8 Å². The summed E-state index contributed by atoms with van der Waals surface area (Å²) in [5.74, 6) is 0.913. The summed E-state index contributed by atoms with van der Waals surface area (Å²) in [6.07, 6.45) is 8.77. The van der Waals surface area contributed by atoms with Crippen molar-refractivity contribution in [3.63, 3.8) is 0 Å². The SMILES string of the molecule is [Cl-].c1cc(Nc2ncnc3sc4c(c23)CCC4)ccn1. The number of hydrogen-bond acceptors (Lipinski definition) is 5. The number of anilines is 2. The van der Waals surface area contributed by atoms with Crippen LogP contribution < -0.4 is 17.7 Å². The number of fused-ring (bicyclic) bond motifs is 3. The lowest BCUT2D eigenvalue weighted by atomic mass is 10.2. The Bertz CT molecular complexity index is 742. The van der Waals surface area contributed by atoms with E-state index in [2.05, 4.69) is 20.3 Å². The highest BCUT2D eigenvalue weighted by atomic mass is 35.5. The molecule has 6 heteroatoms. The molecular formula is C14H12ClN4S-. The molecule has 0 saturated carbocycles. The largest absolute Gasteiger partial charge is 1.00 e. The van der Waals surface area contributed by atoms with Crippen LogP contribution in [0.5, 0.6) is 0 Å². The molecule has 4 nitrogen and oxygen atoms in total. The number of pyridine rings is 1. The fraction of sp³-hybridized carbons (Fsp3) is 0.214. The minimum atomic E-state index is 0. The predicted molar refractivity (Wildman–Crippen MR) is 77.0 cm³/mol. The fourth-order valence-electron chi connectivity index (χ4n) is 2.60. The van der Waals surface area contributed by atoms with Gasteiger partial charge in [0.05, 0.1) is 5.39 Å². The lowest BCUT2D eigenvalue weighted by molar-refractivity contribution is -0.00000383. The Morgan fingerprint density at radius 1 is 1.10 bits per heavy atom. The van der Waals surface area contributed by atoms with E-state index in [4.69, 9.17) is 0 Å². The second-order valence-corrected chi connectivity index (χ2v) is 5.70. The standard InChI is InChI=1S/C14H12N4S.ClH/c1-2-10-11(3-1)19-14-12(10)13(16-8-17-14)18-9-4-6-15-7-5-9;/h4-8H,1-3H2,(H,15,16,17,18);1H/p-1. The zero-order chi connectivity index (χ0) is 12.7. The van der Waals surface area contributed by atoms with Crippen LogP contribution in [0.2, 0.25) is 0 Å². The first-order valence-corrected chi connectivity index (χ1v) is 7.16. The molecule has 3 heterocycles. The van der Waals surface area contributed by atoms with Gasteiger partial charge in [-0.25, -0.2) is 9.97 Å². The lowest BCUT2D eigenvalue weighted by Crippen LogP contribution is -3.00. The van der Waals surface area contributed by atoms with E-state index >= 15 is 0 Å². The van der Waals surface area contributed by atoms with Crippen molar-refractivity contribution >= 4 is 33.1 Å². The number of halogens is 1. The van der Waals surface area contributed by atoms with Gasteiger partial charge in [-0.3, -0.25) is 4.98 Å². The molecule has 1 aliphatic carbocycles. The first kappa shape index (κ1) is 13.3. The quantitative estimate of drug-likeness (QED) is 0.741. The van der Waals surface area contributed by atoms with Gasteiger partial charge in [-0.15, -0.1) is 11.3 Å². The second kappa shape index (κ2) is 5.34. The van der Waals surface area contributed by atoms with Crippen LogP contribution in [0.3, 0.4) is 0 Å². The van der Waals surface area contributed by atoms with Crippen LogP contribution >= 0.6 is 11.3 Å². The Kier molecular flexibility index (Phi) is 3.54. The minimum Gasteiger partial charge on any atom is -1.00 e. The maximum Gasteiger partial charge on any atom is 0.142 e. The molecule has 102 valence electrons. The molecule has 0 aromatic carbocycles. The fourth-order valence-corrected chi connectivity index (χ4v) is 3.82. The molecule has 4 rings (SSSR count). The van der Waals surface area contributed by atoms with Crippen molar-refractivity contribution in [2.24, 2.45) is 0 Å². The van der Waals surface area contributed by atoms with Crippen molar-refractivity contribution in [3.8, 4) is 0 Å². The Morgan fingerprint density at radius 2 is 1.95 bits per heavy atom. The third-order valence-electron chi connectivity index (χ3n) is 3.44. The molecule has 0 atom stereocenters. The average Bonchev–Trinajstić information content (AvgIpc) is 3.00. The monoisotopic (exact) mass is 303 g/mol. The van der Waals surface area contributed by atoms with Crippen LogP contribution in [0.15, 0.2) is 30.9 Å². The van der Waals surface area contributed by atoms with Gasteiger partial charge in [0.15, 0.2) is 0 Å². The zero-order valence-electron chi connectivity index (χ0n) is 10.6. The second-order valence-electron chi connectivity index (χ2n) is 4.62. The van der Waals surface area contributed by atoms with Crippen molar-refractivity contribution < 1.29 is 12.4 Å². The number of aromatic nitrogens is 3. The highest BCUT2D eigenvalue weighted by molar-refractivity contribution is 7.19. The van der Waals surface area contributed by atoms with Gasteiger partial charge < -0.3 is 17.7 Å². The molecule has 1 N–H and O–H groups in total. The van der Waals surface area contributed by atoms with Gasteiger partial charge in [-0.2, -0.15) is 0 Å². The molecule has 0 saturated heterocycles. The van der Waals surface area contributed by atoms with Crippen molar-refractivity contribution in [2.45, 2.75) is 19.3 Å². The van der Waals surface area contributed by atoms with Crippen LogP contribution in [0.4, 0.5) is 11.5 Å². The molecule has 0 fully saturated rings. The van der Waals surface area contributed by atoms with Gasteiger partial charge >= 0.3 is 0 Å². The summed E-state index contributed by atoms with van der Waals surface area (Å²) < 4.78 is 0. The highest BCUT2D eigenvalue weighted by Crippen LogP contribution is 2.39. The molecule has 0 bridgehead atoms. The van der Waals surface area contributed by atoms with E-state index in [9.17, 15) is 0 Å².